The van der Waals surface area contributed by atoms with E-state index in [-0.39, 0.29) is 22.6 Å². The first kappa shape index (κ1) is 31.9. The molecule has 46 heavy (non-hydrogen) atoms. The zero-order valence-corrected chi connectivity index (χ0v) is 27.9. The lowest BCUT2D eigenvalue weighted by atomic mass is 9.94. The minimum absolute atomic E-state index is 0.00709. The molecule has 3 aromatic carbocycles. The summed E-state index contributed by atoms with van der Waals surface area (Å²) >= 11 is 8.68. The predicted molar refractivity (Wildman–Crippen MR) is 179 cm³/mol. The number of hydrogen-bond donors (Lipinski definition) is 1. The molecule has 12 heteroatoms. The second-order valence-corrected chi connectivity index (χ2v) is 13.6. The fraction of sp³-hybridized carbons (Fsp3) is 0.294. The SMILES string of the molecule is CCCCOc1ccc(C2/C(=C(\O)c3ccc4c(c3)CC(C)O4)C(=O)C(=O)N2c2nnc(SCc3ccc(Cl)cc3)s2)cc1OC. The van der Waals surface area contributed by atoms with Gasteiger partial charge in [-0.2, -0.15) is 0 Å². The molecule has 0 spiro atoms. The maximum atomic E-state index is 13.8. The second kappa shape index (κ2) is 13.7. The Morgan fingerprint density at radius 3 is 2.67 bits per heavy atom. The number of ether oxygens (including phenoxy) is 3. The number of aromatic nitrogens is 2. The normalized spacial score (nSPS) is 18.5. The Bertz CT molecular complexity index is 1810. The lowest BCUT2D eigenvalue weighted by Gasteiger charge is -2.23. The van der Waals surface area contributed by atoms with Crippen LogP contribution in [0.5, 0.6) is 17.2 Å². The highest BCUT2D eigenvalue weighted by molar-refractivity contribution is 8.00. The number of ketones is 1. The van der Waals surface area contributed by atoms with E-state index >= 15 is 0 Å². The van der Waals surface area contributed by atoms with Crippen LogP contribution in [0, 0.1) is 0 Å². The number of rotatable bonds is 11. The van der Waals surface area contributed by atoms with Gasteiger partial charge < -0.3 is 19.3 Å². The Labute approximate surface area is 280 Å². The van der Waals surface area contributed by atoms with Gasteiger partial charge in [0.25, 0.3) is 5.78 Å². The van der Waals surface area contributed by atoms with E-state index < -0.39 is 17.7 Å². The van der Waals surface area contributed by atoms with Crippen molar-refractivity contribution in [2.24, 2.45) is 0 Å². The van der Waals surface area contributed by atoms with E-state index in [4.69, 9.17) is 25.8 Å². The highest BCUT2D eigenvalue weighted by atomic mass is 35.5. The van der Waals surface area contributed by atoms with Crippen LogP contribution in [0.4, 0.5) is 5.13 Å². The predicted octanol–water partition coefficient (Wildman–Crippen LogP) is 7.62. The molecule has 1 aromatic heterocycles. The lowest BCUT2D eigenvalue weighted by Crippen LogP contribution is -2.29. The Balaban J connectivity index is 1.40. The van der Waals surface area contributed by atoms with Crippen molar-refractivity contribution in [2.45, 2.75) is 55.3 Å². The molecule has 2 atom stereocenters. The first-order chi connectivity index (χ1) is 22.3. The van der Waals surface area contributed by atoms with Gasteiger partial charge in [-0.1, -0.05) is 66.2 Å². The molecule has 0 radical (unpaired) electrons. The molecule has 2 unspecified atom stereocenters. The number of aliphatic hydroxyl groups is 1. The molecular weight excluding hydrogens is 646 g/mol. The maximum absolute atomic E-state index is 13.8. The van der Waals surface area contributed by atoms with Crippen LogP contribution in [0.15, 0.2) is 70.6 Å². The summed E-state index contributed by atoms with van der Waals surface area (Å²) in [7, 11) is 1.53. The molecule has 0 bridgehead atoms. The van der Waals surface area contributed by atoms with Crippen LogP contribution in [0.1, 0.15) is 55.0 Å². The second-order valence-electron chi connectivity index (χ2n) is 11.0. The van der Waals surface area contributed by atoms with Crippen molar-refractivity contribution >= 4 is 57.3 Å². The number of anilines is 1. The molecule has 1 N–H and O–H groups in total. The van der Waals surface area contributed by atoms with Crippen LogP contribution >= 0.6 is 34.7 Å². The van der Waals surface area contributed by atoms with Crippen molar-refractivity contribution in [3.63, 3.8) is 0 Å². The van der Waals surface area contributed by atoms with Crippen molar-refractivity contribution in [1.29, 1.82) is 0 Å². The van der Waals surface area contributed by atoms with Gasteiger partial charge in [-0.05, 0) is 72.5 Å². The van der Waals surface area contributed by atoms with Crippen molar-refractivity contribution < 1.29 is 28.9 Å². The third kappa shape index (κ3) is 6.44. The number of amides is 1. The molecule has 1 saturated heterocycles. The number of Topliss-reactive ketones (excluding diaryl/α,β-unsaturated/α-hetero) is 1. The smallest absolute Gasteiger partial charge is 0.301 e. The molecule has 0 saturated carbocycles. The summed E-state index contributed by atoms with van der Waals surface area (Å²) in [5.41, 5.74) is 2.88. The number of nitrogens with zero attached hydrogens (tertiary/aromatic N) is 3. The van der Waals surface area contributed by atoms with Crippen LogP contribution in [-0.4, -0.2) is 46.8 Å². The Morgan fingerprint density at radius 2 is 1.91 bits per heavy atom. The maximum Gasteiger partial charge on any atom is 0.301 e. The summed E-state index contributed by atoms with van der Waals surface area (Å²) in [6, 6.07) is 17.1. The summed E-state index contributed by atoms with van der Waals surface area (Å²) in [6.45, 7) is 4.57. The van der Waals surface area contributed by atoms with Gasteiger partial charge in [0.1, 0.15) is 17.6 Å². The van der Waals surface area contributed by atoms with Crippen molar-refractivity contribution in [2.75, 3.05) is 18.6 Å². The zero-order valence-electron chi connectivity index (χ0n) is 25.5. The van der Waals surface area contributed by atoms with Gasteiger partial charge in [0.15, 0.2) is 15.8 Å². The molecule has 0 aliphatic carbocycles. The number of unbranched alkanes of at least 4 members (excludes halogenated alkanes) is 1. The van der Waals surface area contributed by atoms with Gasteiger partial charge in [0, 0.05) is 22.8 Å². The third-order valence-electron chi connectivity index (χ3n) is 7.75. The minimum atomic E-state index is -0.996. The largest absolute Gasteiger partial charge is 0.507 e. The highest BCUT2D eigenvalue weighted by Gasteiger charge is 2.48. The summed E-state index contributed by atoms with van der Waals surface area (Å²) in [6.07, 6.45) is 2.54. The van der Waals surface area contributed by atoms with Crippen molar-refractivity contribution in [3.8, 4) is 17.2 Å². The van der Waals surface area contributed by atoms with Gasteiger partial charge in [0.2, 0.25) is 5.13 Å². The summed E-state index contributed by atoms with van der Waals surface area (Å²) in [5.74, 6) is 0.434. The molecule has 1 amide bonds. The number of hydrogen-bond acceptors (Lipinski definition) is 10. The number of halogens is 1. The van der Waals surface area contributed by atoms with E-state index in [1.54, 1.807) is 36.4 Å². The highest BCUT2D eigenvalue weighted by Crippen LogP contribution is 2.46. The standard InChI is InChI=1S/C34H32ClN3O6S2/c1-4-5-14-43-26-13-8-21(17-27(26)42-3)29-28(30(39)22-9-12-25-23(16-22)15-19(2)44-25)31(40)32(41)38(29)33-36-37-34(46-33)45-18-20-6-10-24(35)11-7-20/h6-13,16-17,19,29,39H,4-5,14-15,18H2,1-3H3/b30-28+. The Morgan fingerprint density at radius 1 is 1.11 bits per heavy atom. The monoisotopic (exact) mass is 677 g/mol. The van der Waals surface area contributed by atoms with Crippen LogP contribution in [0.3, 0.4) is 0 Å². The van der Waals surface area contributed by atoms with Crippen LogP contribution in [0.2, 0.25) is 5.02 Å². The van der Waals surface area contributed by atoms with Crippen LogP contribution < -0.4 is 19.1 Å². The molecule has 6 rings (SSSR count). The number of fused-ring (bicyclic) bond motifs is 1. The van der Waals surface area contributed by atoms with E-state index in [9.17, 15) is 14.7 Å². The Hall–Kier alpha value is -4.06. The number of carbonyl (C=O) groups excluding carboxylic acids is 2. The van der Waals surface area contributed by atoms with E-state index in [0.717, 1.165) is 29.7 Å². The molecule has 1 fully saturated rings. The quantitative estimate of drug-likeness (QED) is 0.0428. The first-order valence-corrected chi connectivity index (χ1v) is 17.1. The van der Waals surface area contributed by atoms with Gasteiger partial charge in [-0.15, -0.1) is 10.2 Å². The number of benzene rings is 3. The number of methoxy groups -OCH3 is 1. The topological polar surface area (TPSA) is 111 Å². The minimum Gasteiger partial charge on any atom is -0.507 e. The van der Waals surface area contributed by atoms with Crippen molar-refractivity contribution in [3.05, 3.63) is 93.5 Å². The van der Waals surface area contributed by atoms with E-state index in [2.05, 4.69) is 17.1 Å². The number of aliphatic hydroxyl groups excluding tert-OH is 1. The van der Waals surface area contributed by atoms with Gasteiger partial charge in [-0.25, -0.2) is 0 Å². The van der Waals surface area contributed by atoms with Gasteiger partial charge in [0.05, 0.1) is 25.3 Å². The van der Waals surface area contributed by atoms with Gasteiger partial charge >= 0.3 is 5.91 Å². The number of carbonyl (C=O) groups is 2. The van der Waals surface area contributed by atoms with Crippen LogP contribution in [-0.2, 0) is 21.8 Å². The fourth-order valence-electron chi connectivity index (χ4n) is 5.45. The average Bonchev–Trinajstić information content (AvgIpc) is 3.75. The lowest BCUT2D eigenvalue weighted by molar-refractivity contribution is -0.132. The zero-order chi connectivity index (χ0) is 32.4. The molecule has 3 heterocycles. The van der Waals surface area contributed by atoms with Gasteiger partial charge in [-0.3, -0.25) is 14.5 Å². The molecule has 9 nitrogen and oxygen atoms in total. The summed E-state index contributed by atoms with van der Waals surface area (Å²) in [4.78, 5) is 28.8. The fourth-order valence-corrected chi connectivity index (χ4v) is 7.40. The average molecular weight is 678 g/mol. The molecule has 2 aliphatic rings. The molecular formula is C34H32ClN3O6S2. The molecule has 238 valence electrons. The summed E-state index contributed by atoms with van der Waals surface area (Å²) < 4.78 is 18.0. The molecule has 2 aliphatic heterocycles. The third-order valence-corrected chi connectivity index (χ3v) is 10.1. The Kier molecular flexibility index (Phi) is 9.53. The van der Waals surface area contributed by atoms with Crippen molar-refractivity contribution in [1.82, 2.24) is 10.2 Å². The molecule has 4 aromatic rings. The first-order valence-electron chi connectivity index (χ1n) is 14.9. The van der Waals surface area contributed by atoms with Crippen LogP contribution in [0.25, 0.3) is 5.76 Å². The number of thioether (sulfide) groups is 1. The van der Waals surface area contributed by atoms with E-state index in [1.807, 2.05) is 31.2 Å². The summed E-state index contributed by atoms with van der Waals surface area (Å²) in [5, 5.41) is 21.2. The van der Waals surface area contributed by atoms with E-state index in [0.29, 0.717) is 50.8 Å². The van der Waals surface area contributed by atoms with E-state index in [1.165, 1.54) is 35.1 Å².